The van der Waals surface area contributed by atoms with E-state index in [-0.39, 0.29) is 5.78 Å². The zero-order valence-corrected chi connectivity index (χ0v) is 17.5. The van der Waals surface area contributed by atoms with E-state index >= 15 is 0 Å². The Labute approximate surface area is 184 Å². The summed E-state index contributed by atoms with van der Waals surface area (Å²) >= 11 is 1.59. The van der Waals surface area contributed by atoms with E-state index in [2.05, 4.69) is 19.9 Å². The van der Waals surface area contributed by atoms with Crippen molar-refractivity contribution in [3.05, 3.63) is 90.5 Å². The maximum Gasteiger partial charge on any atom is 0.181 e. The monoisotopic (exact) mass is 428 g/mol. The first-order chi connectivity index (χ1) is 15.3. The van der Waals surface area contributed by atoms with Gasteiger partial charge in [0.05, 0.1) is 12.9 Å². The van der Waals surface area contributed by atoms with Crippen LogP contribution in [0.5, 0.6) is 5.75 Å². The van der Waals surface area contributed by atoms with Crippen LogP contribution in [0.4, 0.5) is 0 Å². The first-order valence-corrected chi connectivity index (χ1v) is 10.7. The van der Waals surface area contributed by atoms with Crippen LogP contribution < -0.4 is 4.74 Å². The van der Waals surface area contributed by atoms with Crippen molar-refractivity contribution in [1.29, 1.82) is 0 Å². The van der Waals surface area contributed by atoms with Crippen LogP contribution in [-0.2, 0) is 4.79 Å². The molecular weight excluding hydrogens is 408 g/mol. The van der Waals surface area contributed by atoms with Gasteiger partial charge in [0, 0.05) is 5.75 Å². The number of hydrogen-bond acceptors (Lipinski definition) is 6. The minimum absolute atomic E-state index is 0.0581. The molecular formula is C24H20N4O2S. The van der Waals surface area contributed by atoms with Crippen molar-refractivity contribution in [2.75, 3.05) is 12.4 Å². The summed E-state index contributed by atoms with van der Waals surface area (Å²) in [5, 5.41) is 0.859. The van der Waals surface area contributed by atoms with Gasteiger partial charge in [0.25, 0.3) is 0 Å². The predicted octanol–water partition coefficient (Wildman–Crippen LogP) is 4.82. The Balaban J connectivity index is 1.23. The third-order valence-electron chi connectivity index (χ3n) is 4.34. The van der Waals surface area contributed by atoms with E-state index in [1.807, 2.05) is 54.6 Å². The van der Waals surface area contributed by atoms with E-state index in [1.165, 1.54) is 6.33 Å². The van der Waals surface area contributed by atoms with E-state index in [9.17, 15) is 4.79 Å². The molecule has 4 aromatic rings. The molecule has 7 heteroatoms. The minimum atomic E-state index is -0.0581. The number of nitrogens with one attached hydrogen (secondary N) is 1. The number of carbonyl (C=O) groups is 1. The number of fused-ring (bicyclic) bond motifs is 1. The van der Waals surface area contributed by atoms with Gasteiger partial charge in [-0.2, -0.15) is 0 Å². The highest BCUT2D eigenvalue weighted by atomic mass is 32.2. The smallest absolute Gasteiger partial charge is 0.181 e. The molecule has 0 saturated heterocycles. The molecule has 0 aliphatic rings. The maximum atomic E-state index is 12.0. The highest BCUT2D eigenvalue weighted by molar-refractivity contribution is 7.99. The predicted molar refractivity (Wildman–Crippen MR) is 124 cm³/mol. The number of H-pyrrole nitrogens is 1. The van der Waals surface area contributed by atoms with Gasteiger partial charge in [-0.1, -0.05) is 54.6 Å². The molecule has 0 aliphatic heterocycles. The van der Waals surface area contributed by atoms with Gasteiger partial charge in [-0.05, 0) is 35.4 Å². The molecule has 2 heterocycles. The van der Waals surface area contributed by atoms with Crippen LogP contribution in [0.1, 0.15) is 11.1 Å². The topological polar surface area (TPSA) is 80.8 Å². The molecule has 0 fully saturated rings. The van der Waals surface area contributed by atoms with Crippen LogP contribution in [0.2, 0.25) is 0 Å². The van der Waals surface area contributed by atoms with Crippen molar-refractivity contribution >= 4 is 40.9 Å². The number of allylic oxidation sites excluding steroid dienone is 2. The van der Waals surface area contributed by atoms with Crippen LogP contribution in [0, 0.1) is 0 Å². The Bertz CT molecular complexity index is 1200. The molecule has 31 heavy (non-hydrogen) atoms. The van der Waals surface area contributed by atoms with Crippen LogP contribution in [0.3, 0.4) is 0 Å². The third kappa shape index (κ3) is 5.90. The summed E-state index contributed by atoms with van der Waals surface area (Å²) in [6.07, 6.45) is 9.85. The molecule has 0 atom stereocenters. The lowest BCUT2D eigenvalue weighted by molar-refractivity contribution is -0.110. The maximum absolute atomic E-state index is 12.0. The fourth-order valence-electron chi connectivity index (χ4n) is 2.80. The highest BCUT2D eigenvalue weighted by Gasteiger charge is 2.06. The zero-order valence-electron chi connectivity index (χ0n) is 16.6. The first kappa shape index (κ1) is 20.6. The molecule has 0 saturated carbocycles. The summed E-state index contributed by atoms with van der Waals surface area (Å²) in [7, 11) is 0. The van der Waals surface area contributed by atoms with Crippen molar-refractivity contribution in [2.24, 2.45) is 0 Å². The van der Waals surface area contributed by atoms with Crippen LogP contribution in [0.15, 0.2) is 84.4 Å². The van der Waals surface area contributed by atoms with Crippen LogP contribution >= 0.6 is 11.8 Å². The van der Waals surface area contributed by atoms with Crippen molar-refractivity contribution in [1.82, 2.24) is 19.9 Å². The number of imidazole rings is 1. The largest absolute Gasteiger partial charge is 0.493 e. The second-order valence-corrected chi connectivity index (χ2v) is 7.61. The molecule has 0 amide bonds. The van der Waals surface area contributed by atoms with Gasteiger partial charge in [-0.25, -0.2) is 15.0 Å². The number of benzene rings is 2. The van der Waals surface area contributed by atoms with Crippen LogP contribution in [-0.4, -0.2) is 38.1 Å². The molecule has 0 spiro atoms. The number of ether oxygens (including phenoxy) is 1. The number of ketones is 1. The van der Waals surface area contributed by atoms with Gasteiger partial charge in [0.1, 0.15) is 22.6 Å². The molecule has 0 bridgehead atoms. The lowest BCUT2D eigenvalue weighted by atomic mass is 10.1. The van der Waals surface area contributed by atoms with Gasteiger partial charge in [-0.3, -0.25) is 4.79 Å². The Morgan fingerprint density at radius 2 is 1.68 bits per heavy atom. The van der Waals surface area contributed by atoms with Gasteiger partial charge in [0.15, 0.2) is 11.4 Å². The number of rotatable bonds is 9. The summed E-state index contributed by atoms with van der Waals surface area (Å²) in [5.74, 6) is 1.47. The molecule has 1 N–H and O–H groups in total. The minimum Gasteiger partial charge on any atom is -0.493 e. The van der Waals surface area contributed by atoms with Gasteiger partial charge >= 0.3 is 0 Å². The van der Waals surface area contributed by atoms with Crippen molar-refractivity contribution < 1.29 is 9.53 Å². The van der Waals surface area contributed by atoms with Gasteiger partial charge in [-0.15, -0.1) is 11.8 Å². The van der Waals surface area contributed by atoms with E-state index in [0.717, 1.165) is 33.2 Å². The quantitative estimate of drug-likeness (QED) is 0.178. The standard InChI is InChI=1S/C24H20N4O2S/c29-20(10-6-18-4-2-1-3-5-18)11-7-19-8-12-21(13-9-19)30-14-15-31-24-22-23(26-16-25-22)27-17-28-24/h1-13,16-17H,14-15H2,(H,25,26,27,28)/b10-6+,11-7+. The van der Waals surface area contributed by atoms with Crippen molar-refractivity contribution in [3.8, 4) is 5.75 Å². The third-order valence-corrected chi connectivity index (χ3v) is 5.29. The SMILES string of the molecule is O=C(/C=C/c1ccccc1)/C=C/c1ccc(OCCSc2ncnc3nc[nH]c23)cc1. The van der Waals surface area contributed by atoms with E-state index in [4.69, 9.17) is 4.74 Å². The average molecular weight is 429 g/mol. The molecule has 2 aromatic heterocycles. The second kappa shape index (κ2) is 10.4. The molecule has 2 aromatic carbocycles. The second-order valence-electron chi connectivity index (χ2n) is 6.53. The normalized spacial score (nSPS) is 11.5. The summed E-state index contributed by atoms with van der Waals surface area (Å²) in [6.45, 7) is 0.544. The number of nitrogens with zero attached hydrogens (tertiary/aromatic N) is 3. The molecule has 0 aliphatic carbocycles. The highest BCUT2D eigenvalue weighted by Crippen LogP contribution is 2.22. The molecule has 154 valence electrons. The Morgan fingerprint density at radius 1 is 0.935 bits per heavy atom. The van der Waals surface area contributed by atoms with E-state index in [1.54, 1.807) is 42.4 Å². The van der Waals surface area contributed by atoms with Gasteiger partial charge in [0.2, 0.25) is 0 Å². The summed E-state index contributed by atoms with van der Waals surface area (Å²) < 4.78 is 5.80. The number of aromatic amines is 1. The average Bonchev–Trinajstić information content (AvgIpc) is 3.30. The number of thioether (sulfide) groups is 1. The lowest BCUT2D eigenvalue weighted by Crippen LogP contribution is -2.00. The summed E-state index contributed by atoms with van der Waals surface area (Å²) in [6, 6.07) is 17.4. The number of hydrogen-bond donors (Lipinski definition) is 1. The van der Waals surface area contributed by atoms with E-state index < -0.39 is 0 Å². The van der Waals surface area contributed by atoms with Crippen molar-refractivity contribution in [2.45, 2.75) is 5.03 Å². The Morgan fingerprint density at radius 3 is 2.45 bits per heavy atom. The van der Waals surface area contributed by atoms with Gasteiger partial charge < -0.3 is 9.72 Å². The number of carbonyl (C=O) groups excluding carboxylic acids is 1. The summed E-state index contributed by atoms with van der Waals surface area (Å²) in [5.41, 5.74) is 3.44. The Hall–Kier alpha value is -3.71. The zero-order chi connectivity index (χ0) is 21.3. The van der Waals surface area contributed by atoms with E-state index in [0.29, 0.717) is 12.3 Å². The fourth-order valence-corrected chi connectivity index (χ4v) is 3.58. The summed E-state index contributed by atoms with van der Waals surface area (Å²) in [4.78, 5) is 27.6. The molecule has 6 nitrogen and oxygen atoms in total. The van der Waals surface area contributed by atoms with Crippen molar-refractivity contribution in [3.63, 3.8) is 0 Å². The lowest BCUT2D eigenvalue weighted by Gasteiger charge is -2.06. The first-order valence-electron chi connectivity index (χ1n) is 9.73. The molecule has 0 radical (unpaired) electrons. The van der Waals surface area contributed by atoms with Crippen LogP contribution in [0.25, 0.3) is 23.3 Å². The Kier molecular flexibility index (Phi) is 6.87. The fraction of sp³-hybridized carbons (Fsp3) is 0.0833. The number of aromatic nitrogens is 4. The molecule has 0 unspecified atom stereocenters. The molecule has 4 rings (SSSR count).